The van der Waals surface area contributed by atoms with Crippen LogP contribution in [0.3, 0.4) is 0 Å². The number of aromatic hydroxyl groups is 1. The smallest absolute Gasteiger partial charge is 0.181 e. The molecule has 2 N–H and O–H groups in total. The fourth-order valence-corrected chi connectivity index (χ4v) is 1.21. The number of phenolic OH excluding ortho intramolecular Hbond substituents is 1. The zero-order valence-corrected chi connectivity index (χ0v) is 7.98. The van der Waals surface area contributed by atoms with Gasteiger partial charge in [0, 0.05) is 10.1 Å². The number of hydrogen-bond acceptors (Lipinski definition) is 6. The standard InChI is InChI=1S/C8H9NO4S/c10-7-4-2-1-3-6(7)8(11)5-13-14-9-12/h1-4,8,10-11H,5H2. The highest BCUT2D eigenvalue weighted by Gasteiger charge is 2.11. The normalized spacial score (nSPS) is 12.4. The lowest BCUT2D eigenvalue weighted by Crippen LogP contribution is -2.03. The molecule has 1 unspecified atom stereocenters. The summed E-state index contributed by atoms with van der Waals surface area (Å²) in [6.07, 6.45) is -0.967. The summed E-state index contributed by atoms with van der Waals surface area (Å²) in [5.41, 5.74) is 0.360. The molecule has 14 heavy (non-hydrogen) atoms. The van der Waals surface area contributed by atoms with Gasteiger partial charge in [-0.25, -0.2) is 0 Å². The van der Waals surface area contributed by atoms with Crippen molar-refractivity contribution >= 4 is 12.2 Å². The number of rotatable bonds is 5. The lowest BCUT2D eigenvalue weighted by Gasteiger charge is -2.10. The highest BCUT2D eigenvalue weighted by Crippen LogP contribution is 2.24. The quantitative estimate of drug-likeness (QED) is 0.338. The van der Waals surface area contributed by atoms with E-state index in [2.05, 4.69) is 8.77 Å². The van der Waals surface area contributed by atoms with Crippen molar-refractivity contribution in [3.8, 4) is 5.75 Å². The first-order valence-corrected chi connectivity index (χ1v) is 4.53. The maximum Gasteiger partial charge on any atom is 0.181 e. The predicted molar refractivity (Wildman–Crippen MR) is 52.4 cm³/mol. The molecule has 0 bridgehead atoms. The first-order valence-electron chi connectivity index (χ1n) is 3.83. The van der Waals surface area contributed by atoms with Crippen molar-refractivity contribution in [2.75, 3.05) is 6.61 Å². The maximum atomic E-state index is 9.65. The van der Waals surface area contributed by atoms with Crippen LogP contribution in [0.1, 0.15) is 11.7 Å². The average Bonchev–Trinajstić information content (AvgIpc) is 2.18. The molecule has 0 radical (unpaired) electrons. The van der Waals surface area contributed by atoms with Crippen LogP contribution in [0.5, 0.6) is 5.75 Å². The number of benzene rings is 1. The molecule has 0 fully saturated rings. The molecule has 5 nitrogen and oxygen atoms in total. The van der Waals surface area contributed by atoms with Crippen LogP contribution < -0.4 is 0 Å². The molecule has 1 atom stereocenters. The number of aliphatic hydroxyl groups is 1. The molecular formula is C8H9NO4S. The number of nitroso groups, excluding NO2 is 1. The third-order valence-electron chi connectivity index (χ3n) is 1.60. The molecule has 0 aliphatic heterocycles. The van der Waals surface area contributed by atoms with E-state index in [1.54, 1.807) is 18.2 Å². The van der Waals surface area contributed by atoms with Crippen molar-refractivity contribution in [2.45, 2.75) is 6.10 Å². The molecule has 6 heteroatoms. The average molecular weight is 215 g/mol. The Morgan fingerprint density at radius 3 is 2.86 bits per heavy atom. The molecular weight excluding hydrogens is 206 g/mol. The highest BCUT2D eigenvalue weighted by molar-refractivity contribution is 7.93. The number of aliphatic hydroxyl groups excluding tert-OH is 1. The Hall–Kier alpha value is -1.11. The van der Waals surface area contributed by atoms with Gasteiger partial charge >= 0.3 is 0 Å². The van der Waals surface area contributed by atoms with Crippen LogP contribution in [-0.2, 0) is 4.18 Å². The minimum absolute atomic E-state index is 0.00679. The molecule has 0 saturated heterocycles. The number of hydrogen-bond donors (Lipinski definition) is 2. The fraction of sp³-hybridized carbons (Fsp3) is 0.250. The van der Waals surface area contributed by atoms with Gasteiger partial charge in [0.25, 0.3) is 0 Å². The van der Waals surface area contributed by atoms with Gasteiger partial charge in [-0.15, -0.1) is 4.91 Å². The summed E-state index contributed by atoms with van der Waals surface area (Å²) >= 11 is 0.365. The van der Waals surface area contributed by atoms with Crippen LogP contribution in [0.15, 0.2) is 28.8 Å². The molecule has 0 aliphatic rings. The van der Waals surface area contributed by atoms with E-state index in [1.165, 1.54) is 6.07 Å². The van der Waals surface area contributed by atoms with Gasteiger partial charge < -0.3 is 10.2 Å². The monoisotopic (exact) mass is 215 g/mol. The van der Waals surface area contributed by atoms with Crippen LogP contribution in [0, 0.1) is 4.91 Å². The SMILES string of the molecule is O=NSOCC(O)c1ccccc1O. The number of nitrogens with zero attached hydrogens (tertiary/aromatic N) is 1. The third-order valence-corrected chi connectivity index (χ3v) is 1.91. The molecule has 1 rings (SSSR count). The van der Waals surface area contributed by atoms with E-state index < -0.39 is 6.10 Å². The molecule has 1 aromatic rings. The van der Waals surface area contributed by atoms with E-state index in [0.717, 1.165) is 0 Å². The van der Waals surface area contributed by atoms with Crippen LogP contribution in [0.4, 0.5) is 0 Å². The molecule has 0 aromatic heterocycles. The van der Waals surface area contributed by atoms with Crippen molar-refractivity contribution < 1.29 is 14.4 Å². The van der Waals surface area contributed by atoms with Gasteiger partial charge in [0.2, 0.25) is 0 Å². The van der Waals surface area contributed by atoms with E-state index in [0.29, 0.717) is 17.8 Å². The van der Waals surface area contributed by atoms with Gasteiger partial charge in [-0.05, 0) is 6.07 Å². The van der Waals surface area contributed by atoms with E-state index in [1.807, 2.05) is 0 Å². The molecule has 0 amide bonds. The summed E-state index contributed by atoms with van der Waals surface area (Å²) in [6, 6.07) is 6.36. The topological polar surface area (TPSA) is 79.1 Å². The number of para-hydroxylation sites is 1. The summed E-state index contributed by atoms with van der Waals surface area (Å²) in [5.74, 6) is -0.00679. The van der Waals surface area contributed by atoms with Gasteiger partial charge in [0.1, 0.15) is 11.9 Å². The van der Waals surface area contributed by atoms with Crippen molar-refractivity contribution in [3.63, 3.8) is 0 Å². The molecule has 0 heterocycles. The first-order chi connectivity index (χ1) is 6.75. The minimum Gasteiger partial charge on any atom is -0.508 e. The summed E-state index contributed by atoms with van der Waals surface area (Å²) < 4.78 is 7.02. The Morgan fingerprint density at radius 1 is 1.50 bits per heavy atom. The highest BCUT2D eigenvalue weighted by atomic mass is 32.2. The van der Waals surface area contributed by atoms with Crippen molar-refractivity contribution in [1.29, 1.82) is 0 Å². The minimum atomic E-state index is -0.967. The van der Waals surface area contributed by atoms with Crippen molar-refractivity contribution in [2.24, 2.45) is 4.58 Å². The number of phenols is 1. The van der Waals surface area contributed by atoms with Crippen LogP contribution in [-0.4, -0.2) is 16.8 Å². The first kappa shape index (κ1) is 11.0. The Kier molecular flexibility index (Phi) is 4.37. The molecule has 0 aliphatic carbocycles. The van der Waals surface area contributed by atoms with Crippen LogP contribution >= 0.6 is 12.2 Å². The third kappa shape index (κ3) is 2.99. The zero-order valence-electron chi connectivity index (χ0n) is 7.16. The van der Waals surface area contributed by atoms with Gasteiger partial charge in [0.15, 0.2) is 12.2 Å². The van der Waals surface area contributed by atoms with Gasteiger partial charge in [0.05, 0.1) is 6.61 Å². The largest absolute Gasteiger partial charge is 0.508 e. The van der Waals surface area contributed by atoms with Gasteiger partial charge in [-0.1, -0.05) is 18.2 Å². The molecule has 76 valence electrons. The summed E-state index contributed by atoms with van der Waals surface area (Å²) in [5, 5.41) is 18.8. The zero-order chi connectivity index (χ0) is 10.4. The molecule has 0 saturated carbocycles. The van der Waals surface area contributed by atoms with Gasteiger partial charge in [-0.3, -0.25) is 4.18 Å². The summed E-state index contributed by atoms with van der Waals surface area (Å²) in [7, 11) is 0. The van der Waals surface area contributed by atoms with Crippen LogP contribution in [0.25, 0.3) is 0 Å². The van der Waals surface area contributed by atoms with E-state index in [4.69, 9.17) is 0 Å². The second-order valence-corrected chi connectivity index (χ2v) is 3.04. The van der Waals surface area contributed by atoms with Crippen molar-refractivity contribution in [3.05, 3.63) is 34.7 Å². The maximum absolute atomic E-state index is 9.65. The van der Waals surface area contributed by atoms with Crippen LogP contribution in [0.2, 0.25) is 0 Å². The van der Waals surface area contributed by atoms with E-state index in [-0.39, 0.29) is 12.4 Å². The lowest BCUT2D eigenvalue weighted by molar-refractivity contribution is 0.117. The summed E-state index contributed by atoms with van der Waals surface area (Å²) in [6.45, 7) is -0.103. The second kappa shape index (κ2) is 5.58. The Labute approximate surface area is 85.0 Å². The fourth-order valence-electron chi connectivity index (χ4n) is 0.975. The van der Waals surface area contributed by atoms with Gasteiger partial charge in [-0.2, -0.15) is 0 Å². The predicted octanol–water partition coefficient (Wildman–Crippen LogP) is 1.77. The second-order valence-electron chi connectivity index (χ2n) is 2.51. The Morgan fingerprint density at radius 2 is 2.21 bits per heavy atom. The lowest BCUT2D eigenvalue weighted by atomic mass is 10.1. The Balaban J connectivity index is 2.55. The van der Waals surface area contributed by atoms with E-state index >= 15 is 0 Å². The van der Waals surface area contributed by atoms with Crippen molar-refractivity contribution in [1.82, 2.24) is 0 Å². The Bertz CT molecular complexity index is 307. The molecule has 1 aromatic carbocycles. The van der Waals surface area contributed by atoms with E-state index in [9.17, 15) is 15.1 Å². The molecule has 0 spiro atoms. The summed E-state index contributed by atoms with van der Waals surface area (Å²) in [4.78, 5) is 9.65.